The van der Waals surface area contributed by atoms with Crippen LogP contribution in [-0.4, -0.2) is 88.0 Å². The van der Waals surface area contributed by atoms with Gasteiger partial charge in [0.25, 0.3) is 0 Å². The Morgan fingerprint density at radius 2 is 1.90 bits per heavy atom. The van der Waals surface area contributed by atoms with E-state index in [-0.39, 0.29) is 46.2 Å². The fourth-order valence-corrected chi connectivity index (χ4v) is 7.08. The number of nitrogens with zero attached hydrogens (tertiary/aromatic N) is 5. The van der Waals surface area contributed by atoms with E-state index in [0.29, 0.717) is 31.9 Å². The van der Waals surface area contributed by atoms with Gasteiger partial charge < -0.3 is 14.4 Å². The summed E-state index contributed by atoms with van der Waals surface area (Å²) in [7, 11) is 0. The molecule has 1 aromatic carbocycles. The first kappa shape index (κ1) is 26.9. The van der Waals surface area contributed by atoms with Gasteiger partial charge in [-0.25, -0.2) is 18.0 Å². The molecule has 39 heavy (non-hydrogen) atoms. The van der Waals surface area contributed by atoms with Gasteiger partial charge in [0.05, 0.1) is 22.1 Å². The summed E-state index contributed by atoms with van der Waals surface area (Å²) in [6.45, 7) is 7.77. The smallest absolute Gasteiger partial charge is 0.410 e. The molecule has 0 spiro atoms. The normalized spacial score (nSPS) is 28.8. The average molecular weight is 612 g/mol. The van der Waals surface area contributed by atoms with Crippen molar-refractivity contribution in [2.75, 3.05) is 37.7 Å². The zero-order valence-corrected chi connectivity index (χ0v) is 23.9. The van der Waals surface area contributed by atoms with Crippen LogP contribution < -0.4 is 9.64 Å². The summed E-state index contributed by atoms with van der Waals surface area (Å²) < 4.78 is 55.7. The number of halogens is 4. The van der Waals surface area contributed by atoms with Crippen molar-refractivity contribution < 1.29 is 27.4 Å². The van der Waals surface area contributed by atoms with Crippen LogP contribution in [0.4, 0.5) is 23.8 Å². The Kier molecular flexibility index (Phi) is 6.64. The third-order valence-electron chi connectivity index (χ3n) is 8.40. The van der Waals surface area contributed by atoms with Crippen molar-refractivity contribution in [1.82, 2.24) is 19.8 Å². The van der Waals surface area contributed by atoms with Gasteiger partial charge in [0.15, 0.2) is 5.82 Å². The minimum atomic E-state index is -0.907. The zero-order valence-electron chi connectivity index (χ0n) is 22.4. The molecular formula is C27H33BrF3N5O3. The van der Waals surface area contributed by atoms with Crippen molar-refractivity contribution in [1.29, 1.82) is 0 Å². The van der Waals surface area contributed by atoms with Crippen molar-refractivity contribution in [3.63, 3.8) is 0 Å². The van der Waals surface area contributed by atoms with Crippen molar-refractivity contribution >= 4 is 38.7 Å². The Morgan fingerprint density at radius 1 is 1.18 bits per heavy atom. The zero-order chi connectivity index (χ0) is 27.7. The SMILES string of the molecule is CC(C)(C)OC(=O)N1[C@@H]2CC[C@H]1CN(c1nc(OC[C@@]34CCCN3C[C@H](F)C4)nc3c(F)c(Br)c(F)cc13)C2. The van der Waals surface area contributed by atoms with Gasteiger partial charge in [-0.05, 0) is 75.0 Å². The molecule has 212 valence electrons. The minimum absolute atomic E-state index is 0.0274. The topological polar surface area (TPSA) is 71.0 Å². The summed E-state index contributed by atoms with van der Waals surface area (Å²) in [5.41, 5.74) is -1.08. The monoisotopic (exact) mass is 611 g/mol. The van der Waals surface area contributed by atoms with Gasteiger partial charge in [-0.15, -0.1) is 0 Å². The van der Waals surface area contributed by atoms with Crippen LogP contribution in [0.3, 0.4) is 0 Å². The fraction of sp³-hybridized carbons (Fsp3) is 0.667. The molecule has 0 unspecified atom stereocenters. The molecule has 2 aromatic rings. The van der Waals surface area contributed by atoms with E-state index in [9.17, 15) is 13.6 Å². The summed E-state index contributed by atoms with van der Waals surface area (Å²) in [4.78, 5) is 27.8. The van der Waals surface area contributed by atoms with E-state index in [2.05, 4.69) is 30.8 Å². The van der Waals surface area contributed by atoms with Gasteiger partial charge in [-0.1, -0.05) is 0 Å². The highest BCUT2D eigenvalue weighted by molar-refractivity contribution is 9.10. The molecule has 2 bridgehead atoms. The maximum absolute atomic E-state index is 15.3. The molecule has 5 heterocycles. The summed E-state index contributed by atoms with van der Waals surface area (Å²) in [5.74, 6) is -1.23. The van der Waals surface area contributed by atoms with Crippen LogP contribution in [-0.2, 0) is 4.74 Å². The van der Waals surface area contributed by atoms with Crippen LogP contribution in [0, 0.1) is 11.6 Å². The van der Waals surface area contributed by atoms with E-state index in [1.54, 1.807) is 4.90 Å². The molecule has 0 saturated carbocycles. The number of amides is 1. The number of piperazine rings is 1. The molecule has 12 heteroatoms. The third kappa shape index (κ3) is 4.81. The number of anilines is 1. The van der Waals surface area contributed by atoms with Crippen molar-refractivity contribution in [2.24, 2.45) is 0 Å². The Balaban J connectivity index is 1.32. The first-order valence-electron chi connectivity index (χ1n) is 13.6. The maximum Gasteiger partial charge on any atom is 0.410 e. The van der Waals surface area contributed by atoms with E-state index in [0.717, 1.165) is 32.2 Å². The lowest BCUT2D eigenvalue weighted by molar-refractivity contribution is 0.0122. The van der Waals surface area contributed by atoms with Gasteiger partial charge in [0, 0.05) is 31.4 Å². The van der Waals surface area contributed by atoms with Crippen LogP contribution >= 0.6 is 15.9 Å². The largest absolute Gasteiger partial charge is 0.461 e. The Bertz CT molecular complexity index is 1300. The van der Waals surface area contributed by atoms with Crippen LogP contribution in [0.25, 0.3) is 10.9 Å². The first-order chi connectivity index (χ1) is 18.4. The standard InChI is InChI=1S/C27H33BrF3N5O3/c1-26(2,3)39-25(37)36-16-5-6-17(36)13-34(12-16)23-18-9-19(30)20(28)21(31)22(18)32-24(33-23)38-14-27-7-4-8-35(27)11-15(29)10-27/h9,15-17H,4-8,10-14H2,1-3H3/t15-,16-,17+,27+/m1/s1. The number of alkyl halides is 1. The predicted octanol–water partition coefficient (Wildman–Crippen LogP) is 5.21. The Hall–Kier alpha value is -2.34. The molecule has 6 rings (SSSR count). The van der Waals surface area contributed by atoms with E-state index >= 15 is 4.39 Å². The van der Waals surface area contributed by atoms with Gasteiger partial charge in [0.2, 0.25) is 0 Å². The lowest BCUT2D eigenvalue weighted by atomic mass is 9.95. The number of ether oxygens (including phenoxy) is 2. The van der Waals surface area contributed by atoms with Crippen molar-refractivity contribution in [3.05, 3.63) is 22.2 Å². The fourth-order valence-electron chi connectivity index (χ4n) is 6.78. The second-order valence-electron chi connectivity index (χ2n) is 12.3. The van der Waals surface area contributed by atoms with Gasteiger partial charge in [-0.2, -0.15) is 9.97 Å². The van der Waals surface area contributed by atoms with Crippen molar-refractivity contribution in [3.8, 4) is 6.01 Å². The number of hydrogen-bond acceptors (Lipinski definition) is 7. The van der Waals surface area contributed by atoms with Gasteiger partial charge in [0.1, 0.15) is 35.5 Å². The minimum Gasteiger partial charge on any atom is -0.461 e. The molecule has 0 aliphatic carbocycles. The molecular weight excluding hydrogens is 579 g/mol. The second kappa shape index (κ2) is 9.64. The van der Waals surface area contributed by atoms with E-state index < -0.39 is 28.9 Å². The van der Waals surface area contributed by atoms with Crippen molar-refractivity contribution in [2.45, 2.75) is 82.3 Å². The lowest BCUT2D eigenvalue weighted by Gasteiger charge is -2.42. The number of hydrogen-bond donors (Lipinski definition) is 0. The molecule has 1 amide bonds. The highest BCUT2D eigenvalue weighted by Crippen LogP contribution is 2.41. The van der Waals surface area contributed by atoms with E-state index in [1.807, 2.05) is 25.7 Å². The quantitative estimate of drug-likeness (QED) is 0.439. The highest BCUT2D eigenvalue weighted by atomic mass is 79.9. The molecule has 0 N–H and O–H groups in total. The average Bonchev–Trinajstić information content (AvgIpc) is 3.47. The summed E-state index contributed by atoms with van der Waals surface area (Å²) >= 11 is 2.99. The molecule has 4 aliphatic rings. The van der Waals surface area contributed by atoms with Crippen LogP contribution in [0.15, 0.2) is 10.5 Å². The lowest BCUT2D eigenvalue weighted by Crippen LogP contribution is -2.57. The van der Waals surface area contributed by atoms with Crippen LogP contribution in [0.5, 0.6) is 6.01 Å². The van der Waals surface area contributed by atoms with E-state index in [4.69, 9.17) is 9.47 Å². The predicted molar refractivity (Wildman–Crippen MR) is 143 cm³/mol. The number of fused-ring (bicyclic) bond motifs is 4. The molecule has 4 fully saturated rings. The molecule has 8 nitrogen and oxygen atoms in total. The number of carbonyl (C=O) groups excluding carboxylic acids is 1. The number of benzene rings is 1. The third-order valence-corrected chi connectivity index (χ3v) is 9.13. The number of carbonyl (C=O) groups is 1. The molecule has 4 aliphatic heterocycles. The highest BCUT2D eigenvalue weighted by Gasteiger charge is 2.50. The summed E-state index contributed by atoms with van der Waals surface area (Å²) in [6.07, 6.45) is 2.49. The van der Waals surface area contributed by atoms with Gasteiger partial charge in [-0.3, -0.25) is 9.80 Å². The second-order valence-corrected chi connectivity index (χ2v) is 13.0. The van der Waals surface area contributed by atoms with Gasteiger partial charge >= 0.3 is 12.1 Å². The molecule has 1 aromatic heterocycles. The number of aromatic nitrogens is 2. The van der Waals surface area contributed by atoms with E-state index in [1.165, 1.54) is 6.07 Å². The summed E-state index contributed by atoms with van der Waals surface area (Å²) in [5, 5.41) is 0.232. The number of rotatable bonds is 4. The summed E-state index contributed by atoms with van der Waals surface area (Å²) in [6, 6.07) is 0.958. The van der Waals surface area contributed by atoms with Crippen LogP contribution in [0.1, 0.15) is 52.9 Å². The Labute approximate surface area is 233 Å². The molecule has 4 saturated heterocycles. The Morgan fingerprint density at radius 3 is 2.59 bits per heavy atom. The molecule has 0 radical (unpaired) electrons. The molecule has 4 atom stereocenters. The van der Waals surface area contributed by atoms with Crippen LogP contribution in [0.2, 0.25) is 0 Å². The first-order valence-corrected chi connectivity index (χ1v) is 14.4. The maximum atomic E-state index is 15.3.